The number of nitrogens with zero attached hydrogens (tertiary/aromatic N) is 6. The third-order valence-electron chi connectivity index (χ3n) is 7.61. The van der Waals surface area contributed by atoms with Crippen LogP contribution in [0.25, 0.3) is 27.4 Å². The second-order valence-corrected chi connectivity index (χ2v) is 11.0. The molecule has 6 rings (SSSR count). The average molecular weight is 665 g/mol. The average Bonchev–Trinajstić information content (AvgIpc) is 3.39. The number of nitrogens with one attached hydrogen (secondary N) is 1. The minimum atomic E-state index is -1.43. The highest BCUT2D eigenvalue weighted by molar-refractivity contribution is 6.34. The van der Waals surface area contributed by atoms with Gasteiger partial charge in [-0.15, -0.1) is 0 Å². The van der Waals surface area contributed by atoms with Gasteiger partial charge in [-0.3, -0.25) is 19.0 Å². The molecule has 47 heavy (non-hydrogen) atoms. The molecule has 0 saturated heterocycles. The number of fused-ring (bicyclic) bond motifs is 2. The number of hydrogen-bond acceptors (Lipinski definition) is 8. The summed E-state index contributed by atoms with van der Waals surface area (Å²) in [5.74, 6) is -5.40. The number of nitrogens with two attached hydrogens (primary N) is 1. The van der Waals surface area contributed by atoms with E-state index in [1.165, 1.54) is 18.5 Å². The molecule has 0 saturated carbocycles. The molecule has 0 fully saturated rings. The van der Waals surface area contributed by atoms with E-state index in [9.17, 15) is 32.7 Å². The van der Waals surface area contributed by atoms with Crippen LogP contribution in [0, 0.1) is 17.5 Å². The van der Waals surface area contributed by atoms with Crippen molar-refractivity contribution in [3.8, 4) is 5.69 Å². The van der Waals surface area contributed by atoms with Gasteiger partial charge in [0, 0.05) is 65.8 Å². The number of anilines is 2. The van der Waals surface area contributed by atoms with Crippen molar-refractivity contribution < 1.29 is 23.1 Å². The highest BCUT2D eigenvalue weighted by Crippen LogP contribution is 2.35. The van der Waals surface area contributed by atoms with Crippen LogP contribution in [-0.4, -0.2) is 40.0 Å². The summed E-state index contributed by atoms with van der Waals surface area (Å²) < 4.78 is 46.1. The molecule has 12 nitrogen and oxygen atoms in total. The van der Waals surface area contributed by atoms with E-state index < -0.39 is 52.9 Å². The molecule has 6 aromatic rings. The molecular formula is C31H24ClF3N8O4. The van der Waals surface area contributed by atoms with Gasteiger partial charge < -0.3 is 16.2 Å². The molecule has 3 aromatic heterocycles. The standard InChI is InChI=1S/C31H24ClF3N8O4/c1-41-14-19-18(10-36)28(20(32)8-24(19)40-41)38-29-39-30(46)43(31(47)42(29)13-17-7-22(34)23(35)9-21(17)33)25-12-37-11-16-4-2-3-15(27(16)25)5-6-26(44)45/h2-4,7-9,11-12,14H,5-6,10,13,36H2,1H3,(H,44,45)(H,38,39,46). The Bertz CT molecular complexity index is 2350. The number of carboxylic acids is 1. The first-order valence-corrected chi connectivity index (χ1v) is 14.4. The molecule has 0 aliphatic rings. The number of halogens is 4. The maximum absolute atomic E-state index is 14.9. The number of carbonyl (C=O) groups is 1. The number of rotatable bonds is 9. The summed E-state index contributed by atoms with van der Waals surface area (Å²) in [6.45, 7) is -0.753. The van der Waals surface area contributed by atoms with Gasteiger partial charge in [-0.2, -0.15) is 10.1 Å². The molecule has 0 bridgehead atoms. The van der Waals surface area contributed by atoms with Crippen molar-refractivity contribution in [2.75, 3.05) is 5.32 Å². The zero-order chi connectivity index (χ0) is 33.6. The SMILES string of the molecule is Cn1cc2c(CN)c(Nc3nc(=O)n(-c4cncc5cccc(CCC(=O)O)c45)c(=O)n3Cc3cc(F)c(F)cc3F)c(Cl)cc2n1. The smallest absolute Gasteiger partial charge is 0.359 e. The summed E-state index contributed by atoms with van der Waals surface area (Å²) >= 11 is 6.60. The first-order chi connectivity index (χ1) is 22.5. The van der Waals surface area contributed by atoms with Crippen molar-refractivity contribution in [1.82, 2.24) is 28.9 Å². The van der Waals surface area contributed by atoms with E-state index in [4.69, 9.17) is 17.3 Å². The van der Waals surface area contributed by atoms with Crippen molar-refractivity contribution in [2.45, 2.75) is 25.9 Å². The van der Waals surface area contributed by atoms with Crippen molar-refractivity contribution in [3.63, 3.8) is 0 Å². The van der Waals surface area contributed by atoms with Crippen LogP contribution in [-0.2, 0) is 31.4 Å². The quantitative estimate of drug-likeness (QED) is 0.193. The molecule has 3 heterocycles. The van der Waals surface area contributed by atoms with Gasteiger partial charge in [0.15, 0.2) is 11.6 Å². The molecule has 3 aromatic carbocycles. The molecule has 240 valence electrons. The summed E-state index contributed by atoms with van der Waals surface area (Å²) in [6, 6.07) is 7.49. The lowest BCUT2D eigenvalue weighted by Gasteiger charge is -2.19. The monoisotopic (exact) mass is 664 g/mol. The minimum Gasteiger partial charge on any atom is -0.481 e. The lowest BCUT2D eigenvalue weighted by Crippen LogP contribution is -2.42. The Morgan fingerprint density at radius 3 is 2.57 bits per heavy atom. The van der Waals surface area contributed by atoms with Crippen molar-refractivity contribution in [3.05, 3.63) is 115 Å². The predicted octanol–water partition coefficient (Wildman–Crippen LogP) is 4.17. The summed E-state index contributed by atoms with van der Waals surface area (Å²) in [5.41, 5.74) is 5.18. The van der Waals surface area contributed by atoms with Crippen molar-refractivity contribution >= 4 is 50.9 Å². The number of hydrogen-bond donors (Lipinski definition) is 3. The van der Waals surface area contributed by atoms with Crippen molar-refractivity contribution in [2.24, 2.45) is 12.8 Å². The van der Waals surface area contributed by atoms with Crippen LogP contribution >= 0.6 is 11.6 Å². The van der Waals surface area contributed by atoms with Crippen LogP contribution in [0.15, 0.2) is 64.6 Å². The van der Waals surface area contributed by atoms with Crippen LogP contribution in [0.1, 0.15) is 23.1 Å². The Hall–Kier alpha value is -5.54. The number of aryl methyl sites for hydroxylation is 2. The van der Waals surface area contributed by atoms with E-state index in [2.05, 4.69) is 20.4 Å². The van der Waals surface area contributed by atoms with Gasteiger partial charge in [0.1, 0.15) is 5.82 Å². The molecule has 0 atom stereocenters. The number of pyridine rings is 1. The van der Waals surface area contributed by atoms with Crippen LogP contribution < -0.4 is 22.4 Å². The summed E-state index contributed by atoms with van der Waals surface area (Å²) in [4.78, 5) is 47.6. The van der Waals surface area contributed by atoms with Crippen LogP contribution in [0.2, 0.25) is 5.02 Å². The predicted molar refractivity (Wildman–Crippen MR) is 168 cm³/mol. The third kappa shape index (κ3) is 5.81. The van der Waals surface area contributed by atoms with Gasteiger partial charge in [0.05, 0.1) is 34.7 Å². The fourth-order valence-electron chi connectivity index (χ4n) is 5.48. The Morgan fingerprint density at radius 2 is 1.83 bits per heavy atom. The molecule has 0 amide bonds. The number of carboxylic acid groups (broad SMARTS) is 1. The van der Waals surface area contributed by atoms with Gasteiger partial charge in [0.2, 0.25) is 5.95 Å². The topological polar surface area (TPSA) is 163 Å². The zero-order valence-corrected chi connectivity index (χ0v) is 25.2. The van der Waals surface area contributed by atoms with Crippen molar-refractivity contribution in [1.29, 1.82) is 0 Å². The Kier molecular flexibility index (Phi) is 8.25. The fourth-order valence-corrected chi connectivity index (χ4v) is 5.74. The molecule has 0 aliphatic heterocycles. The Morgan fingerprint density at radius 1 is 1.06 bits per heavy atom. The summed E-state index contributed by atoms with van der Waals surface area (Å²) in [5, 5.41) is 18.1. The van der Waals surface area contributed by atoms with Gasteiger partial charge in [-0.1, -0.05) is 29.8 Å². The minimum absolute atomic E-state index is 0.0190. The first kappa shape index (κ1) is 31.4. The number of aromatic nitrogens is 6. The van der Waals surface area contributed by atoms with Gasteiger partial charge >= 0.3 is 17.3 Å². The van der Waals surface area contributed by atoms with Crippen LogP contribution in [0.3, 0.4) is 0 Å². The Labute approximate surface area is 267 Å². The second-order valence-electron chi connectivity index (χ2n) is 10.6. The van der Waals surface area contributed by atoms with E-state index in [-0.39, 0.29) is 35.8 Å². The molecule has 0 radical (unpaired) electrons. The molecule has 16 heteroatoms. The lowest BCUT2D eigenvalue weighted by molar-refractivity contribution is -0.136. The third-order valence-corrected chi connectivity index (χ3v) is 7.91. The van der Waals surface area contributed by atoms with E-state index in [1.807, 2.05) is 0 Å². The van der Waals surface area contributed by atoms with Crippen LogP contribution in [0.4, 0.5) is 24.8 Å². The van der Waals surface area contributed by atoms with Gasteiger partial charge in [-0.05, 0) is 24.1 Å². The van der Waals surface area contributed by atoms with E-state index in [1.54, 1.807) is 36.1 Å². The Balaban J connectivity index is 1.61. The molecule has 0 spiro atoms. The van der Waals surface area contributed by atoms with Crippen LogP contribution in [0.5, 0.6) is 0 Å². The maximum atomic E-state index is 14.9. The largest absolute Gasteiger partial charge is 0.481 e. The van der Waals surface area contributed by atoms with E-state index in [0.29, 0.717) is 49.5 Å². The van der Waals surface area contributed by atoms with Gasteiger partial charge in [0.25, 0.3) is 0 Å². The fraction of sp³-hybridized carbons (Fsp3) is 0.161. The highest BCUT2D eigenvalue weighted by atomic mass is 35.5. The molecule has 4 N–H and O–H groups in total. The van der Waals surface area contributed by atoms with Gasteiger partial charge in [-0.25, -0.2) is 27.3 Å². The summed E-state index contributed by atoms with van der Waals surface area (Å²) in [6.07, 6.45) is 4.26. The zero-order valence-electron chi connectivity index (χ0n) is 24.5. The maximum Gasteiger partial charge on any atom is 0.359 e. The first-order valence-electron chi connectivity index (χ1n) is 14.0. The molecule has 0 unspecified atom stereocenters. The lowest BCUT2D eigenvalue weighted by atomic mass is 10.0. The highest BCUT2D eigenvalue weighted by Gasteiger charge is 2.23. The van der Waals surface area contributed by atoms with E-state index >= 15 is 0 Å². The molecular weight excluding hydrogens is 641 g/mol. The summed E-state index contributed by atoms with van der Waals surface area (Å²) in [7, 11) is 1.70. The molecule has 0 aliphatic carbocycles. The normalized spacial score (nSPS) is 11.4. The second kappa shape index (κ2) is 12.3. The van der Waals surface area contributed by atoms with E-state index in [0.717, 1.165) is 4.57 Å². The number of aliphatic carboxylic acids is 1. The number of benzene rings is 3.